The van der Waals surface area contributed by atoms with Gasteiger partial charge in [0.15, 0.2) is 0 Å². The first kappa shape index (κ1) is 17.1. The summed E-state index contributed by atoms with van der Waals surface area (Å²) in [6.45, 7) is 4.41. The number of imide groups is 2. The highest BCUT2D eigenvalue weighted by Gasteiger charge is 2.32. The van der Waals surface area contributed by atoms with E-state index in [-0.39, 0.29) is 35.6 Å². The third kappa shape index (κ3) is 3.94. The molecular weight excluding hydrogens is 296 g/mol. The van der Waals surface area contributed by atoms with Crippen LogP contribution in [0.1, 0.15) is 39.5 Å². The zero-order valence-electron chi connectivity index (χ0n) is 13.5. The van der Waals surface area contributed by atoms with Gasteiger partial charge in [0.25, 0.3) is 23.6 Å². The molecule has 0 radical (unpaired) electrons. The van der Waals surface area contributed by atoms with Crippen LogP contribution in [0.15, 0.2) is 24.3 Å². The highest BCUT2D eigenvalue weighted by Crippen LogP contribution is 2.21. The van der Waals surface area contributed by atoms with E-state index in [0.717, 1.165) is 25.7 Å². The molecule has 23 heavy (non-hydrogen) atoms. The average Bonchev–Trinajstić information content (AvgIpc) is 2.99. The molecule has 0 aliphatic carbocycles. The van der Waals surface area contributed by atoms with Crippen molar-refractivity contribution in [2.75, 3.05) is 6.54 Å². The predicted molar refractivity (Wildman–Crippen MR) is 83.9 cm³/mol. The van der Waals surface area contributed by atoms with E-state index < -0.39 is 0 Å². The molecule has 0 fully saturated rings. The van der Waals surface area contributed by atoms with E-state index in [2.05, 4.69) is 0 Å². The molecule has 0 spiro atoms. The van der Waals surface area contributed by atoms with Crippen molar-refractivity contribution in [3.8, 4) is 0 Å². The number of hydrogen-bond acceptors (Lipinski definition) is 4. The molecule has 1 unspecified atom stereocenters. The molecule has 2 aliphatic rings. The second kappa shape index (κ2) is 7.35. The van der Waals surface area contributed by atoms with E-state index in [0.29, 0.717) is 6.54 Å². The van der Waals surface area contributed by atoms with Gasteiger partial charge in [0.2, 0.25) is 0 Å². The summed E-state index contributed by atoms with van der Waals surface area (Å²) in [4.78, 5) is 49.0. The predicted octanol–water partition coefficient (Wildman–Crippen LogP) is 1.42. The second-order valence-electron chi connectivity index (χ2n) is 6.20. The van der Waals surface area contributed by atoms with E-state index in [1.807, 2.05) is 13.8 Å². The van der Waals surface area contributed by atoms with E-state index in [9.17, 15) is 19.2 Å². The van der Waals surface area contributed by atoms with Gasteiger partial charge in [-0.25, -0.2) is 0 Å². The Morgan fingerprint density at radius 1 is 0.783 bits per heavy atom. The van der Waals surface area contributed by atoms with Crippen molar-refractivity contribution in [1.82, 2.24) is 9.80 Å². The summed E-state index contributed by atoms with van der Waals surface area (Å²) < 4.78 is 0. The molecule has 0 saturated carbocycles. The van der Waals surface area contributed by atoms with Crippen LogP contribution in [-0.4, -0.2) is 46.0 Å². The fourth-order valence-corrected chi connectivity index (χ4v) is 2.95. The number of carbonyl (C=O) groups is 4. The maximum Gasteiger partial charge on any atom is 0.253 e. The zero-order valence-corrected chi connectivity index (χ0v) is 13.5. The van der Waals surface area contributed by atoms with Crippen molar-refractivity contribution in [3.05, 3.63) is 24.3 Å². The van der Waals surface area contributed by atoms with Gasteiger partial charge in [-0.3, -0.25) is 29.0 Å². The van der Waals surface area contributed by atoms with E-state index in [1.54, 1.807) is 0 Å². The number of nitrogens with zero attached hydrogens (tertiary/aromatic N) is 2. The Labute approximate surface area is 135 Å². The number of rotatable bonds is 8. The highest BCUT2D eigenvalue weighted by atomic mass is 16.2. The average molecular weight is 318 g/mol. The molecule has 0 aromatic heterocycles. The minimum Gasteiger partial charge on any atom is -0.275 e. The second-order valence-corrected chi connectivity index (χ2v) is 6.20. The number of carbonyl (C=O) groups excluding carboxylic acids is 4. The first-order valence-electron chi connectivity index (χ1n) is 8.00. The zero-order chi connectivity index (χ0) is 17.0. The molecule has 0 N–H and O–H groups in total. The quantitative estimate of drug-likeness (QED) is 0.501. The van der Waals surface area contributed by atoms with E-state index in [4.69, 9.17) is 0 Å². The van der Waals surface area contributed by atoms with Crippen LogP contribution < -0.4 is 0 Å². The lowest BCUT2D eigenvalue weighted by Crippen LogP contribution is -2.43. The monoisotopic (exact) mass is 318 g/mol. The summed E-state index contributed by atoms with van der Waals surface area (Å²) in [5, 5.41) is 0. The third-order valence-electron chi connectivity index (χ3n) is 4.23. The highest BCUT2D eigenvalue weighted by molar-refractivity contribution is 6.13. The molecule has 0 aromatic rings. The van der Waals surface area contributed by atoms with Crippen LogP contribution >= 0.6 is 0 Å². The van der Waals surface area contributed by atoms with Crippen LogP contribution in [-0.2, 0) is 19.2 Å². The lowest BCUT2D eigenvalue weighted by atomic mass is 9.96. The van der Waals surface area contributed by atoms with Gasteiger partial charge in [0.05, 0.1) is 0 Å². The van der Waals surface area contributed by atoms with Gasteiger partial charge in [-0.1, -0.05) is 26.7 Å². The summed E-state index contributed by atoms with van der Waals surface area (Å²) in [5.41, 5.74) is 0. The molecular formula is C17H22N2O4. The maximum absolute atomic E-state index is 11.8. The van der Waals surface area contributed by atoms with Gasteiger partial charge in [0, 0.05) is 36.9 Å². The molecule has 2 aliphatic heterocycles. The smallest absolute Gasteiger partial charge is 0.253 e. The Kier molecular flexibility index (Phi) is 5.47. The van der Waals surface area contributed by atoms with Crippen LogP contribution in [0, 0.1) is 5.92 Å². The minimum atomic E-state index is -0.255. The first-order valence-corrected chi connectivity index (χ1v) is 8.00. The van der Waals surface area contributed by atoms with Crippen molar-refractivity contribution in [3.63, 3.8) is 0 Å². The summed E-state index contributed by atoms with van der Waals surface area (Å²) in [6, 6.07) is -0.110. The van der Waals surface area contributed by atoms with E-state index in [1.165, 1.54) is 34.1 Å². The van der Waals surface area contributed by atoms with Crippen molar-refractivity contribution in [1.29, 1.82) is 0 Å². The Balaban J connectivity index is 1.75. The van der Waals surface area contributed by atoms with Gasteiger partial charge in [-0.15, -0.1) is 0 Å². The molecule has 2 rings (SSSR count). The van der Waals surface area contributed by atoms with Crippen molar-refractivity contribution in [2.24, 2.45) is 5.92 Å². The molecule has 124 valence electrons. The minimum absolute atomic E-state index is 0.110. The summed E-state index contributed by atoms with van der Waals surface area (Å²) >= 11 is 0. The van der Waals surface area contributed by atoms with Crippen LogP contribution in [0.2, 0.25) is 0 Å². The third-order valence-corrected chi connectivity index (χ3v) is 4.23. The van der Waals surface area contributed by atoms with Gasteiger partial charge >= 0.3 is 0 Å². The number of amides is 4. The number of hydrogen-bond donors (Lipinski definition) is 0. The fraction of sp³-hybridized carbons (Fsp3) is 0.529. The molecule has 0 saturated heterocycles. The Morgan fingerprint density at radius 2 is 1.30 bits per heavy atom. The van der Waals surface area contributed by atoms with Gasteiger partial charge in [0.1, 0.15) is 0 Å². The lowest BCUT2D eigenvalue weighted by Gasteiger charge is -2.29. The molecule has 0 bridgehead atoms. The Morgan fingerprint density at radius 3 is 1.83 bits per heavy atom. The maximum atomic E-state index is 11.8. The van der Waals surface area contributed by atoms with Gasteiger partial charge in [-0.05, 0) is 18.8 Å². The normalized spacial score (nSPS) is 18.9. The van der Waals surface area contributed by atoms with Crippen LogP contribution in [0.4, 0.5) is 0 Å². The van der Waals surface area contributed by atoms with Gasteiger partial charge in [-0.2, -0.15) is 0 Å². The molecule has 0 aromatic carbocycles. The molecule has 6 heteroatoms. The van der Waals surface area contributed by atoms with Crippen LogP contribution in [0.25, 0.3) is 0 Å². The van der Waals surface area contributed by atoms with Crippen molar-refractivity contribution in [2.45, 2.75) is 45.6 Å². The lowest BCUT2D eigenvalue weighted by molar-refractivity contribution is -0.141. The van der Waals surface area contributed by atoms with Crippen molar-refractivity contribution < 1.29 is 19.2 Å². The topological polar surface area (TPSA) is 74.8 Å². The number of unbranched alkanes of at least 4 members (excludes halogenated alkanes) is 2. The van der Waals surface area contributed by atoms with Gasteiger partial charge < -0.3 is 0 Å². The van der Waals surface area contributed by atoms with Crippen LogP contribution in [0.5, 0.6) is 0 Å². The Bertz CT molecular complexity index is 541. The Hall–Kier alpha value is -2.24. The SMILES string of the molecule is CC(C)C(CCCCCN1C(=O)C=CC1=O)N1C(=O)C=CC1=O. The summed E-state index contributed by atoms with van der Waals surface area (Å²) in [5.74, 6) is -0.807. The standard InChI is InChI=1S/C17H22N2O4/c1-12(2)13(19-16(22)9-10-17(19)23)6-4-3-5-11-18-14(20)7-8-15(18)21/h7-10,12-13H,3-6,11H2,1-2H3. The van der Waals surface area contributed by atoms with Crippen LogP contribution in [0.3, 0.4) is 0 Å². The van der Waals surface area contributed by atoms with Crippen molar-refractivity contribution >= 4 is 23.6 Å². The summed E-state index contributed by atoms with van der Waals surface area (Å²) in [7, 11) is 0. The van der Waals surface area contributed by atoms with E-state index >= 15 is 0 Å². The molecule has 4 amide bonds. The largest absolute Gasteiger partial charge is 0.275 e. The first-order chi connectivity index (χ1) is 10.9. The molecule has 6 nitrogen and oxygen atoms in total. The molecule has 1 atom stereocenters. The molecule has 2 heterocycles. The fourth-order valence-electron chi connectivity index (χ4n) is 2.95. The summed E-state index contributed by atoms with van der Waals surface area (Å²) in [6.07, 6.45) is 8.34.